The minimum absolute atomic E-state index is 0.0613. The molecular weight excluding hydrogens is 422 g/mol. The number of anilines is 1. The second-order valence-electron chi connectivity index (χ2n) is 7.06. The number of furan rings is 1. The van der Waals surface area contributed by atoms with E-state index in [1.165, 1.54) is 12.1 Å². The number of hydrogen-bond acceptors (Lipinski definition) is 6. The van der Waals surface area contributed by atoms with Gasteiger partial charge in [-0.05, 0) is 48.5 Å². The molecule has 0 saturated carbocycles. The van der Waals surface area contributed by atoms with Gasteiger partial charge in [0.15, 0.2) is 5.76 Å². The average molecular weight is 442 g/mol. The van der Waals surface area contributed by atoms with Crippen LogP contribution in [0.1, 0.15) is 16.3 Å². The maximum Gasteiger partial charge on any atom is 0.289 e. The van der Waals surface area contributed by atoms with Gasteiger partial charge < -0.3 is 19.0 Å². The fraction of sp³-hybridized carbons (Fsp3) is 0.227. The Morgan fingerprint density at radius 2 is 1.68 bits per heavy atom. The first-order chi connectivity index (χ1) is 15.0. The van der Waals surface area contributed by atoms with Crippen molar-refractivity contribution in [3.05, 3.63) is 87.3 Å². The number of nitro benzene ring substituents is 1. The first-order valence-corrected chi connectivity index (χ1v) is 10.1. The Hall–Kier alpha value is -3.52. The second-order valence-corrected chi connectivity index (χ2v) is 7.50. The van der Waals surface area contributed by atoms with E-state index in [4.69, 9.17) is 20.8 Å². The Bertz CT molecular complexity index is 1060. The zero-order valence-corrected chi connectivity index (χ0v) is 17.3. The smallest absolute Gasteiger partial charge is 0.289 e. The number of carbonyl (C=O) groups excluding carboxylic acids is 1. The van der Waals surface area contributed by atoms with Crippen LogP contribution in [0.15, 0.2) is 65.1 Å². The van der Waals surface area contributed by atoms with Gasteiger partial charge in [0.05, 0.1) is 4.92 Å². The molecule has 0 atom stereocenters. The molecule has 160 valence electrons. The van der Waals surface area contributed by atoms with E-state index in [1.807, 2.05) is 0 Å². The Balaban J connectivity index is 1.30. The van der Waals surface area contributed by atoms with Crippen molar-refractivity contribution >= 4 is 28.9 Å². The number of rotatable bonds is 6. The minimum Gasteiger partial charge on any atom is -0.486 e. The van der Waals surface area contributed by atoms with Gasteiger partial charge in [-0.25, -0.2) is 0 Å². The molecule has 8 nitrogen and oxygen atoms in total. The summed E-state index contributed by atoms with van der Waals surface area (Å²) in [4.78, 5) is 27.0. The number of hydrogen-bond donors (Lipinski definition) is 0. The molecule has 2 heterocycles. The van der Waals surface area contributed by atoms with Gasteiger partial charge in [-0.1, -0.05) is 11.6 Å². The van der Waals surface area contributed by atoms with Gasteiger partial charge in [0.2, 0.25) is 0 Å². The maximum atomic E-state index is 12.8. The van der Waals surface area contributed by atoms with Crippen molar-refractivity contribution in [3.63, 3.8) is 0 Å². The highest BCUT2D eigenvalue weighted by atomic mass is 35.5. The number of nitro groups is 1. The monoisotopic (exact) mass is 441 g/mol. The van der Waals surface area contributed by atoms with Crippen LogP contribution in [0.4, 0.5) is 11.4 Å². The first-order valence-electron chi connectivity index (χ1n) is 9.75. The van der Waals surface area contributed by atoms with Crippen LogP contribution in [0.3, 0.4) is 0 Å². The molecule has 2 aromatic carbocycles. The van der Waals surface area contributed by atoms with Crippen molar-refractivity contribution in [2.45, 2.75) is 6.61 Å². The molecule has 1 fully saturated rings. The summed E-state index contributed by atoms with van der Waals surface area (Å²) in [6.45, 7) is 2.55. The van der Waals surface area contributed by atoms with Crippen LogP contribution >= 0.6 is 11.6 Å². The number of amides is 1. The molecule has 0 spiro atoms. The largest absolute Gasteiger partial charge is 0.486 e. The molecule has 1 saturated heterocycles. The number of non-ortho nitro benzene ring substituents is 1. The minimum atomic E-state index is -0.418. The Kier molecular flexibility index (Phi) is 6.08. The van der Waals surface area contributed by atoms with Gasteiger partial charge in [-0.15, -0.1) is 0 Å². The van der Waals surface area contributed by atoms with E-state index >= 15 is 0 Å². The lowest BCUT2D eigenvalue weighted by atomic mass is 10.2. The Morgan fingerprint density at radius 1 is 1.00 bits per heavy atom. The van der Waals surface area contributed by atoms with Crippen molar-refractivity contribution in [2.24, 2.45) is 0 Å². The Labute approximate surface area is 183 Å². The first kappa shape index (κ1) is 20.7. The quantitative estimate of drug-likeness (QED) is 0.416. The number of carbonyl (C=O) groups is 1. The zero-order valence-electron chi connectivity index (χ0n) is 16.6. The van der Waals surface area contributed by atoms with Crippen molar-refractivity contribution in [2.75, 3.05) is 31.1 Å². The van der Waals surface area contributed by atoms with E-state index in [2.05, 4.69) is 4.90 Å². The lowest BCUT2D eigenvalue weighted by Gasteiger charge is -2.35. The summed E-state index contributed by atoms with van der Waals surface area (Å²) in [5, 5.41) is 11.4. The third-order valence-electron chi connectivity index (χ3n) is 5.06. The number of ether oxygens (including phenoxy) is 1. The SMILES string of the molecule is O=C(c1ccc(COc2ccc(Cl)cc2)o1)N1CCN(c2ccc([N+](=O)[O-])cc2)CC1. The molecule has 0 N–H and O–H groups in total. The lowest BCUT2D eigenvalue weighted by Crippen LogP contribution is -2.48. The Morgan fingerprint density at radius 3 is 2.32 bits per heavy atom. The molecule has 9 heteroatoms. The molecule has 0 bridgehead atoms. The number of benzene rings is 2. The average Bonchev–Trinajstić information content (AvgIpc) is 3.27. The molecule has 1 aliphatic heterocycles. The maximum absolute atomic E-state index is 12.8. The van der Waals surface area contributed by atoms with Crippen LogP contribution < -0.4 is 9.64 Å². The number of halogens is 1. The highest BCUT2D eigenvalue weighted by Crippen LogP contribution is 2.22. The van der Waals surface area contributed by atoms with E-state index in [1.54, 1.807) is 53.4 Å². The van der Waals surface area contributed by atoms with E-state index in [0.29, 0.717) is 42.7 Å². The highest BCUT2D eigenvalue weighted by molar-refractivity contribution is 6.30. The topological polar surface area (TPSA) is 89.1 Å². The van der Waals surface area contributed by atoms with Crippen LogP contribution in [0.5, 0.6) is 5.75 Å². The van der Waals surface area contributed by atoms with Crippen molar-refractivity contribution in [3.8, 4) is 5.75 Å². The van der Waals surface area contributed by atoms with Crippen LogP contribution in [-0.2, 0) is 6.61 Å². The van der Waals surface area contributed by atoms with E-state index in [0.717, 1.165) is 5.69 Å². The van der Waals surface area contributed by atoms with E-state index in [9.17, 15) is 14.9 Å². The van der Waals surface area contributed by atoms with Gasteiger partial charge in [0, 0.05) is 49.0 Å². The molecule has 31 heavy (non-hydrogen) atoms. The van der Waals surface area contributed by atoms with Gasteiger partial charge >= 0.3 is 0 Å². The van der Waals surface area contributed by atoms with Gasteiger partial charge in [-0.2, -0.15) is 0 Å². The molecule has 0 unspecified atom stereocenters. The summed E-state index contributed by atoms with van der Waals surface area (Å²) in [7, 11) is 0. The van der Waals surface area contributed by atoms with Crippen LogP contribution in [0.25, 0.3) is 0 Å². The molecular formula is C22H20ClN3O5. The molecule has 0 radical (unpaired) electrons. The normalized spacial score (nSPS) is 13.8. The summed E-state index contributed by atoms with van der Waals surface area (Å²) in [6.07, 6.45) is 0. The molecule has 1 aromatic heterocycles. The van der Waals surface area contributed by atoms with Crippen LogP contribution in [0, 0.1) is 10.1 Å². The zero-order chi connectivity index (χ0) is 21.8. The predicted octanol–water partition coefficient (Wildman–Crippen LogP) is 4.38. The van der Waals surface area contributed by atoms with Gasteiger partial charge in [0.25, 0.3) is 11.6 Å². The van der Waals surface area contributed by atoms with Gasteiger partial charge in [-0.3, -0.25) is 14.9 Å². The van der Waals surface area contributed by atoms with Gasteiger partial charge in [0.1, 0.15) is 18.1 Å². The third kappa shape index (κ3) is 4.97. The molecule has 4 rings (SSSR count). The third-order valence-corrected chi connectivity index (χ3v) is 5.31. The van der Waals surface area contributed by atoms with E-state index < -0.39 is 4.92 Å². The predicted molar refractivity (Wildman–Crippen MR) is 116 cm³/mol. The van der Waals surface area contributed by atoms with Crippen molar-refractivity contribution in [1.82, 2.24) is 4.90 Å². The fourth-order valence-electron chi connectivity index (χ4n) is 3.36. The molecule has 1 amide bonds. The standard InChI is InChI=1S/C22H20ClN3O5/c23-16-1-7-19(8-2-16)30-15-20-9-10-21(31-20)22(27)25-13-11-24(12-14-25)17-3-5-18(6-4-17)26(28)29/h1-10H,11-15H2. The van der Waals surface area contributed by atoms with Crippen molar-refractivity contribution in [1.29, 1.82) is 0 Å². The summed E-state index contributed by atoms with van der Waals surface area (Å²) in [5.41, 5.74) is 0.962. The lowest BCUT2D eigenvalue weighted by molar-refractivity contribution is -0.384. The van der Waals surface area contributed by atoms with Crippen molar-refractivity contribution < 1.29 is 18.9 Å². The number of piperazine rings is 1. The second kappa shape index (κ2) is 9.09. The highest BCUT2D eigenvalue weighted by Gasteiger charge is 2.24. The summed E-state index contributed by atoms with van der Waals surface area (Å²) in [5.74, 6) is 1.33. The number of nitrogens with zero attached hydrogens (tertiary/aromatic N) is 3. The van der Waals surface area contributed by atoms with Crippen LogP contribution in [-0.4, -0.2) is 41.9 Å². The fourth-order valence-corrected chi connectivity index (χ4v) is 3.49. The summed E-state index contributed by atoms with van der Waals surface area (Å²) < 4.78 is 11.3. The van der Waals surface area contributed by atoms with Crippen LogP contribution in [0.2, 0.25) is 5.02 Å². The molecule has 1 aliphatic rings. The van der Waals surface area contributed by atoms with E-state index in [-0.39, 0.29) is 24.0 Å². The molecule has 3 aromatic rings. The molecule has 0 aliphatic carbocycles. The summed E-state index contributed by atoms with van der Waals surface area (Å²) in [6, 6.07) is 16.8. The summed E-state index contributed by atoms with van der Waals surface area (Å²) >= 11 is 5.86.